The molecular weight excluding hydrogens is 250 g/mol. The first kappa shape index (κ1) is 10.9. The number of thiazole rings is 1. The minimum atomic E-state index is -0.216. The third kappa shape index (κ3) is 1.98. The highest BCUT2D eigenvalue weighted by Gasteiger charge is 2.19. The Morgan fingerprint density at radius 2 is 2.33 bits per heavy atom. The van der Waals surface area contributed by atoms with Crippen LogP contribution in [0.5, 0.6) is 0 Å². The molecule has 3 rings (SSSR count). The van der Waals surface area contributed by atoms with Gasteiger partial charge in [0.1, 0.15) is 0 Å². The maximum absolute atomic E-state index is 11.9. The van der Waals surface area contributed by atoms with Crippen LogP contribution < -0.4 is 10.6 Å². The van der Waals surface area contributed by atoms with Gasteiger partial charge in [-0.25, -0.2) is 4.98 Å². The molecule has 1 aromatic heterocycles. The molecule has 2 amide bonds. The van der Waals surface area contributed by atoms with Crippen LogP contribution in [0, 0.1) is 0 Å². The smallest absolute Gasteiger partial charge is 0.257 e. The van der Waals surface area contributed by atoms with Crippen molar-refractivity contribution in [2.75, 3.05) is 10.6 Å². The Bertz CT molecular complexity index is 622. The number of anilines is 2. The van der Waals surface area contributed by atoms with Crippen molar-refractivity contribution in [1.29, 1.82) is 0 Å². The summed E-state index contributed by atoms with van der Waals surface area (Å²) in [6.07, 6.45) is 1.96. The number of rotatable bonds is 2. The monoisotopic (exact) mass is 259 g/mol. The lowest BCUT2D eigenvalue weighted by molar-refractivity contribution is -0.115. The zero-order chi connectivity index (χ0) is 12.5. The molecule has 0 atom stereocenters. The van der Waals surface area contributed by atoms with Crippen molar-refractivity contribution in [2.24, 2.45) is 0 Å². The van der Waals surface area contributed by atoms with Gasteiger partial charge in [-0.1, -0.05) is 0 Å². The van der Waals surface area contributed by atoms with Crippen molar-refractivity contribution in [2.45, 2.75) is 6.42 Å². The lowest BCUT2D eigenvalue weighted by Crippen LogP contribution is -2.11. The number of amides is 2. The number of hydrogen-bond donors (Lipinski definition) is 2. The summed E-state index contributed by atoms with van der Waals surface area (Å²) in [5.74, 6) is -0.255. The summed E-state index contributed by atoms with van der Waals surface area (Å²) in [4.78, 5) is 27.1. The van der Waals surface area contributed by atoms with Crippen LogP contribution in [0.3, 0.4) is 0 Å². The third-order valence-corrected chi connectivity index (χ3v) is 3.33. The molecular formula is C12H9N3O2S. The molecule has 0 bridgehead atoms. The van der Waals surface area contributed by atoms with Gasteiger partial charge in [0.05, 0.1) is 6.42 Å². The highest BCUT2D eigenvalue weighted by Crippen LogP contribution is 2.24. The molecule has 0 saturated carbocycles. The van der Waals surface area contributed by atoms with E-state index in [9.17, 15) is 9.59 Å². The summed E-state index contributed by atoms with van der Waals surface area (Å²) in [5.41, 5.74) is 2.16. The topological polar surface area (TPSA) is 71.1 Å². The highest BCUT2D eigenvalue weighted by molar-refractivity contribution is 7.13. The van der Waals surface area contributed by atoms with E-state index in [4.69, 9.17) is 0 Å². The summed E-state index contributed by atoms with van der Waals surface area (Å²) in [7, 11) is 0. The second-order valence-corrected chi connectivity index (χ2v) is 4.78. The molecule has 1 aliphatic rings. The van der Waals surface area contributed by atoms with Gasteiger partial charge in [0.15, 0.2) is 5.13 Å². The van der Waals surface area contributed by atoms with Crippen molar-refractivity contribution >= 4 is 34.0 Å². The Hall–Kier alpha value is -2.21. The molecule has 0 spiro atoms. The van der Waals surface area contributed by atoms with Crippen LogP contribution in [0.1, 0.15) is 15.9 Å². The van der Waals surface area contributed by atoms with Crippen LogP contribution >= 0.6 is 11.3 Å². The summed E-state index contributed by atoms with van der Waals surface area (Å²) in [5, 5.41) is 7.79. The molecule has 5 nitrogen and oxygen atoms in total. The van der Waals surface area contributed by atoms with E-state index in [2.05, 4.69) is 15.6 Å². The zero-order valence-corrected chi connectivity index (χ0v) is 10.1. The molecule has 1 aromatic carbocycles. The molecule has 6 heteroatoms. The maximum atomic E-state index is 11.9. The standard InChI is InChI=1S/C12H9N3O2S/c16-10-6-8-5-7(1-2-9(8)14-10)11(17)15-12-13-3-4-18-12/h1-5H,6H2,(H,14,16)(H,13,15,17). The van der Waals surface area contributed by atoms with E-state index in [0.29, 0.717) is 17.1 Å². The second-order valence-electron chi connectivity index (χ2n) is 3.89. The fourth-order valence-electron chi connectivity index (χ4n) is 1.82. The quantitative estimate of drug-likeness (QED) is 0.865. The number of hydrogen-bond acceptors (Lipinski definition) is 4. The molecule has 18 heavy (non-hydrogen) atoms. The molecule has 0 fully saturated rings. The van der Waals surface area contributed by atoms with Crippen molar-refractivity contribution < 1.29 is 9.59 Å². The highest BCUT2D eigenvalue weighted by atomic mass is 32.1. The molecule has 0 aliphatic carbocycles. The van der Waals surface area contributed by atoms with E-state index >= 15 is 0 Å². The van der Waals surface area contributed by atoms with Crippen LogP contribution in [0.2, 0.25) is 0 Å². The van der Waals surface area contributed by atoms with Gasteiger partial charge in [0.25, 0.3) is 5.91 Å². The zero-order valence-electron chi connectivity index (χ0n) is 9.27. The first-order valence-electron chi connectivity index (χ1n) is 5.36. The van der Waals surface area contributed by atoms with Gasteiger partial charge in [-0.2, -0.15) is 0 Å². The lowest BCUT2D eigenvalue weighted by Gasteiger charge is -2.04. The Morgan fingerprint density at radius 1 is 1.44 bits per heavy atom. The predicted octanol–water partition coefficient (Wildman–Crippen LogP) is 1.89. The summed E-state index contributed by atoms with van der Waals surface area (Å²) in [6, 6.07) is 5.17. The molecule has 90 valence electrons. The fraction of sp³-hybridized carbons (Fsp3) is 0.0833. The van der Waals surface area contributed by atoms with Crippen molar-refractivity contribution in [1.82, 2.24) is 4.98 Å². The van der Waals surface area contributed by atoms with Crippen LogP contribution in [0.15, 0.2) is 29.8 Å². The maximum Gasteiger partial charge on any atom is 0.257 e. The average molecular weight is 259 g/mol. The Balaban J connectivity index is 1.83. The third-order valence-electron chi connectivity index (χ3n) is 2.65. The largest absolute Gasteiger partial charge is 0.326 e. The van der Waals surface area contributed by atoms with Gasteiger partial charge in [0.2, 0.25) is 5.91 Å². The number of benzene rings is 1. The first-order chi connectivity index (χ1) is 8.72. The van der Waals surface area contributed by atoms with Crippen LogP contribution in [0.4, 0.5) is 10.8 Å². The van der Waals surface area contributed by atoms with E-state index in [1.807, 2.05) is 0 Å². The first-order valence-corrected chi connectivity index (χ1v) is 6.24. The lowest BCUT2D eigenvalue weighted by atomic mass is 10.1. The Kier molecular flexibility index (Phi) is 2.56. The van der Waals surface area contributed by atoms with Crippen molar-refractivity contribution in [3.63, 3.8) is 0 Å². The number of aromatic nitrogens is 1. The van der Waals surface area contributed by atoms with E-state index in [-0.39, 0.29) is 11.8 Å². The number of fused-ring (bicyclic) bond motifs is 1. The summed E-state index contributed by atoms with van der Waals surface area (Å²) < 4.78 is 0. The average Bonchev–Trinajstić information content (AvgIpc) is 2.95. The number of nitrogens with zero attached hydrogens (tertiary/aromatic N) is 1. The van der Waals surface area contributed by atoms with Gasteiger partial charge >= 0.3 is 0 Å². The summed E-state index contributed by atoms with van der Waals surface area (Å²) >= 11 is 1.36. The van der Waals surface area contributed by atoms with Crippen LogP contribution in [0.25, 0.3) is 0 Å². The van der Waals surface area contributed by atoms with Crippen LogP contribution in [-0.2, 0) is 11.2 Å². The minimum Gasteiger partial charge on any atom is -0.326 e. The minimum absolute atomic E-state index is 0.0394. The molecule has 0 saturated heterocycles. The predicted molar refractivity (Wildman–Crippen MR) is 68.8 cm³/mol. The SMILES string of the molecule is O=C1Cc2cc(C(=O)Nc3nccs3)ccc2N1. The fourth-order valence-corrected chi connectivity index (χ4v) is 2.35. The van der Waals surface area contributed by atoms with Gasteiger partial charge in [-0.05, 0) is 23.8 Å². The number of nitrogens with one attached hydrogen (secondary N) is 2. The molecule has 2 aromatic rings. The molecule has 2 heterocycles. The van der Waals surface area contributed by atoms with Gasteiger partial charge < -0.3 is 5.32 Å². The second kappa shape index (κ2) is 4.23. The van der Waals surface area contributed by atoms with Gasteiger partial charge in [-0.15, -0.1) is 11.3 Å². The number of carbonyl (C=O) groups is 2. The van der Waals surface area contributed by atoms with E-state index < -0.39 is 0 Å². The summed E-state index contributed by atoms with van der Waals surface area (Å²) in [6.45, 7) is 0. The van der Waals surface area contributed by atoms with E-state index in [1.165, 1.54) is 11.3 Å². The van der Waals surface area contributed by atoms with E-state index in [0.717, 1.165) is 11.3 Å². The normalized spacial score (nSPS) is 13.0. The van der Waals surface area contributed by atoms with Gasteiger partial charge in [0, 0.05) is 22.8 Å². The van der Waals surface area contributed by atoms with Crippen molar-refractivity contribution in [3.8, 4) is 0 Å². The Morgan fingerprint density at radius 3 is 3.11 bits per heavy atom. The Labute approximate surface area is 107 Å². The number of carbonyl (C=O) groups excluding carboxylic acids is 2. The molecule has 1 aliphatic heterocycles. The van der Waals surface area contributed by atoms with E-state index in [1.54, 1.807) is 29.8 Å². The van der Waals surface area contributed by atoms with Crippen LogP contribution in [-0.4, -0.2) is 16.8 Å². The van der Waals surface area contributed by atoms with Crippen molar-refractivity contribution in [3.05, 3.63) is 40.9 Å². The molecule has 0 radical (unpaired) electrons. The molecule has 0 unspecified atom stereocenters. The van der Waals surface area contributed by atoms with Gasteiger partial charge in [-0.3, -0.25) is 14.9 Å². The molecule has 2 N–H and O–H groups in total.